The predicted molar refractivity (Wildman–Crippen MR) is 193 cm³/mol. The number of hydrogen-bond donors (Lipinski definition) is 5. The molecule has 0 aliphatic heterocycles. The van der Waals surface area contributed by atoms with Crippen molar-refractivity contribution in [2.24, 2.45) is 0 Å². The molecule has 0 amide bonds. The molecular formula is C38H33IO8. The number of benzene rings is 6. The molecule has 0 saturated carbocycles. The van der Waals surface area contributed by atoms with E-state index in [0.717, 1.165) is 38.2 Å². The summed E-state index contributed by atoms with van der Waals surface area (Å²) in [6.07, 6.45) is 0.0685. The minimum Gasteiger partial charge on any atom is -0.507 e. The van der Waals surface area contributed by atoms with Gasteiger partial charge in [-0.2, -0.15) is 0 Å². The number of phenolic OH excluding ortho intramolecular Hbond substituents is 1. The van der Waals surface area contributed by atoms with Crippen LogP contribution in [0.2, 0.25) is 0 Å². The van der Waals surface area contributed by atoms with Gasteiger partial charge in [-0.1, -0.05) is 71.3 Å². The topological polar surface area (TPSA) is 152 Å². The van der Waals surface area contributed by atoms with Crippen LogP contribution in [0.1, 0.15) is 65.8 Å². The zero-order valence-corrected chi connectivity index (χ0v) is 28.4. The normalized spacial score (nSPS) is 10.7. The van der Waals surface area contributed by atoms with Crippen molar-refractivity contribution in [1.82, 2.24) is 0 Å². The van der Waals surface area contributed by atoms with Gasteiger partial charge in [-0.15, -0.1) is 24.0 Å². The molecule has 240 valence electrons. The summed E-state index contributed by atoms with van der Waals surface area (Å²) < 4.78 is 0. The molecule has 0 heterocycles. The van der Waals surface area contributed by atoms with E-state index in [1.165, 1.54) is 25.1 Å². The van der Waals surface area contributed by atoms with E-state index in [0.29, 0.717) is 21.9 Å². The molecule has 47 heavy (non-hydrogen) atoms. The van der Waals surface area contributed by atoms with Gasteiger partial charge in [-0.3, -0.25) is 4.79 Å². The highest BCUT2D eigenvalue weighted by molar-refractivity contribution is 14.0. The largest absolute Gasteiger partial charge is 0.507 e. The number of Topliss-reactive ketones (excluding diaryl/α,β-unsaturated/α-hetero) is 1. The van der Waals surface area contributed by atoms with Gasteiger partial charge in [0.05, 0.1) is 5.56 Å². The van der Waals surface area contributed by atoms with Crippen LogP contribution in [0.4, 0.5) is 0 Å². The Balaban J connectivity index is 0.000000262. The van der Waals surface area contributed by atoms with Gasteiger partial charge in [0.15, 0.2) is 5.78 Å². The Morgan fingerprint density at radius 2 is 0.957 bits per heavy atom. The second-order valence-electron chi connectivity index (χ2n) is 11.5. The molecule has 0 radical (unpaired) electrons. The van der Waals surface area contributed by atoms with Crippen LogP contribution < -0.4 is 0 Å². The minimum absolute atomic E-state index is 0. The summed E-state index contributed by atoms with van der Waals surface area (Å²) in [4.78, 5) is 34.7. The lowest BCUT2D eigenvalue weighted by Gasteiger charge is -2.17. The molecule has 6 aromatic carbocycles. The fourth-order valence-corrected chi connectivity index (χ4v) is 5.72. The first kappa shape index (κ1) is 34.7. The number of hydrogen-bond acceptors (Lipinski definition) is 6. The van der Waals surface area contributed by atoms with Gasteiger partial charge in [-0.05, 0) is 84.3 Å². The molecule has 0 unspecified atom stereocenters. The van der Waals surface area contributed by atoms with Crippen molar-refractivity contribution in [2.75, 3.05) is 0 Å². The van der Waals surface area contributed by atoms with Gasteiger partial charge in [0.2, 0.25) is 0 Å². The predicted octanol–water partition coefficient (Wildman–Crippen LogP) is 8.68. The van der Waals surface area contributed by atoms with Crippen LogP contribution in [0.5, 0.6) is 17.2 Å². The number of fused-ring (bicyclic) bond motifs is 3. The van der Waals surface area contributed by atoms with Crippen molar-refractivity contribution in [3.05, 3.63) is 123 Å². The summed E-state index contributed by atoms with van der Waals surface area (Å²) in [5, 5.41) is 54.3. The van der Waals surface area contributed by atoms with E-state index in [1.54, 1.807) is 6.07 Å². The fourth-order valence-electron chi connectivity index (χ4n) is 5.72. The SMILES string of the molecule is CC(=O)c1cc2cc(C)ccc2c(Cc2c(O)c(C(=O)O)cc3cc(C)ccc23)c1O.Cc1ccc2cc(O)c(C(=O)O)cc2c1.I. The Kier molecular flexibility index (Phi) is 10.1. The molecular weight excluding hydrogens is 711 g/mol. The molecule has 0 saturated heterocycles. The van der Waals surface area contributed by atoms with E-state index in [-0.39, 0.29) is 70.1 Å². The molecule has 0 aliphatic rings. The average molecular weight is 745 g/mol. The van der Waals surface area contributed by atoms with Gasteiger partial charge in [-0.25, -0.2) is 9.59 Å². The number of aromatic carboxylic acids is 2. The van der Waals surface area contributed by atoms with Crippen molar-refractivity contribution in [1.29, 1.82) is 0 Å². The summed E-state index contributed by atoms with van der Waals surface area (Å²) in [5.74, 6) is -3.30. The Morgan fingerprint density at radius 1 is 0.532 bits per heavy atom. The van der Waals surface area contributed by atoms with Crippen molar-refractivity contribution in [3.8, 4) is 17.2 Å². The second kappa shape index (κ2) is 13.7. The molecule has 0 spiro atoms. The van der Waals surface area contributed by atoms with Crippen LogP contribution in [0.3, 0.4) is 0 Å². The molecule has 0 aliphatic carbocycles. The maximum absolute atomic E-state index is 12.2. The number of carboxylic acids is 2. The molecule has 6 rings (SSSR count). The molecule has 0 atom stereocenters. The smallest absolute Gasteiger partial charge is 0.339 e. The van der Waals surface area contributed by atoms with Gasteiger partial charge in [0, 0.05) is 17.5 Å². The van der Waals surface area contributed by atoms with E-state index in [9.17, 15) is 34.8 Å². The van der Waals surface area contributed by atoms with Crippen molar-refractivity contribution >= 4 is 74.0 Å². The van der Waals surface area contributed by atoms with Crippen LogP contribution >= 0.6 is 24.0 Å². The summed E-state index contributed by atoms with van der Waals surface area (Å²) in [5.41, 5.74) is 3.84. The number of ketones is 1. The third-order valence-electron chi connectivity index (χ3n) is 8.05. The lowest BCUT2D eigenvalue weighted by Crippen LogP contribution is -2.03. The fraction of sp³-hybridized carbons (Fsp3) is 0.132. The molecule has 0 fully saturated rings. The maximum atomic E-state index is 12.2. The lowest BCUT2D eigenvalue weighted by atomic mass is 9.89. The quantitative estimate of drug-likeness (QED) is 0.0869. The molecule has 0 bridgehead atoms. The highest BCUT2D eigenvalue weighted by atomic mass is 127. The zero-order chi connectivity index (χ0) is 33.4. The van der Waals surface area contributed by atoms with Gasteiger partial charge in [0.25, 0.3) is 0 Å². The van der Waals surface area contributed by atoms with Gasteiger partial charge < -0.3 is 25.5 Å². The molecule has 8 nitrogen and oxygen atoms in total. The van der Waals surface area contributed by atoms with Gasteiger partial charge >= 0.3 is 11.9 Å². The summed E-state index contributed by atoms with van der Waals surface area (Å²) in [7, 11) is 0. The number of carbonyl (C=O) groups excluding carboxylic acids is 1. The third kappa shape index (κ3) is 7.00. The zero-order valence-electron chi connectivity index (χ0n) is 26.1. The first-order valence-corrected chi connectivity index (χ1v) is 14.5. The molecule has 5 N–H and O–H groups in total. The molecule has 6 aromatic rings. The maximum Gasteiger partial charge on any atom is 0.339 e. The third-order valence-corrected chi connectivity index (χ3v) is 8.05. The Bertz CT molecular complexity index is 2130. The van der Waals surface area contributed by atoms with Crippen LogP contribution in [-0.4, -0.2) is 43.3 Å². The van der Waals surface area contributed by atoms with E-state index in [2.05, 4.69) is 0 Å². The number of carbonyl (C=O) groups is 3. The summed E-state index contributed by atoms with van der Waals surface area (Å²) >= 11 is 0. The number of halogens is 1. The number of aromatic hydroxyl groups is 3. The Labute approximate surface area is 287 Å². The first-order chi connectivity index (χ1) is 21.7. The lowest BCUT2D eigenvalue weighted by molar-refractivity contribution is 0.0682. The van der Waals surface area contributed by atoms with Crippen molar-refractivity contribution in [2.45, 2.75) is 34.1 Å². The number of rotatable bonds is 5. The van der Waals surface area contributed by atoms with Crippen LogP contribution in [0.25, 0.3) is 32.3 Å². The van der Waals surface area contributed by atoms with E-state index >= 15 is 0 Å². The Hall–Kier alpha value is -5.16. The van der Waals surface area contributed by atoms with E-state index < -0.39 is 11.9 Å². The highest BCUT2D eigenvalue weighted by Gasteiger charge is 2.22. The Morgan fingerprint density at radius 3 is 1.45 bits per heavy atom. The van der Waals surface area contributed by atoms with Crippen LogP contribution in [0.15, 0.2) is 78.9 Å². The monoisotopic (exact) mass is 744 g/mol. The number of aryl methyl sites for hydroxylation is 3. The standard InChI is InChI=1S/C26H22O5.C12H10O3.HI/c1-13-4-6-18-16(8-13)10-20(15(3)27)24(28)21(18)12-22-19-7-5-14(2)9-17(19)11-23(25(22)29)26(30)31;1-7-2-3-8-6-11(13)10(12(14)15)5-9(8)4-7;/h4-11,28-29H,12H2,1-3H3,(H,30,31);2-6,13H,1H3,(H,14,15);1H. The van der Waals surface area contributed by atoms with Crippen LogP contribution in [-0.2, 0) is 6.42 Å². The number of carboxylic acid groups (broad SMARTS) is 2. The second-order valence-corrected chi connectivity index (χ2v) is 11.5. The number of phenols is 3. The molecule has 0 aromatic heterocycles. The minimum atomic E-state index is -1.23. The summed E-state index contributed by atoms with van der Waals surface area (Å²) in [6, 6.07) is 23.0. The first-order valence-electron chi connectivity index (χ1n) is 14.5. The van der Waals surface area contributed by atoms with Crippen LogP contribution in [0, 0.1) is 20.8 Å². The van der Waals surface area contributed by atoms with Crippen molar-refractivity contribution < 1.29 is 39.9 Å². The highest BCUT2D eigenvalue weighted by Crippen LogP contribution is 2.39. The van der Waals surface area contributed by atoms with Gasteiger partial charge in [0.1, 0.15) is 28.4 Å². The van der Waals surface area contributed by atoms with Crippen molar-refractivity contribution in [3.63, 3.8) is 0 Å². The van der Waals surface area contributed by atoms with E-state index in [1.807, 2.05) is 75.4 Å². The average Bonchev–Trinajstić information content (AvgIpc) is 2.99. The summed E-state index contributed by atoms with van der Waals surface area (Å²) in [6.45, 7) is 7.18. The molecule has 9 heteroatoms. The van der Waals surface area contributed by atoms with E-state index in [4.69, 9.17) is 5.11 Å².